The second kappa shape index (κ2) is 11.4. The van der Waals surface area contributed by atoms with Gasteiger partial charge in [-0.2, -0.15) is 0 Å². The molecule has 12 nitrogen and oxygen atoms in total. The summed E-state index contributed by atoms with van der Waals surface area (Å²) >= 11 is 0. The van der Waals surface area contributed by atoms with Gasteiger partial charge in [-0.15, -0.1) is 12.1 Å². The van der Waals surface area contributed by atoms with Crippen LogP contribution in [-0.2, 0) is 33.4 Å². The lowest BCUT2D eigenvalue weighted by atomic mass is 9.39. The van der Waals surface area contributed by atoms with Crippen molar-refractivity contribution < 1.29 is 48.4 Å². The van der Waals surface area contributed by atoms with Gasteiger partial charge in [0.05, 0.1) is 23.7 Å². The van der Waals surface area contributed by atoms with E-state index in [1.54, 1.807) is 34.6 Å². The standard InChI is InChI=1S/C32H52N2O10/c1-13-29(10)16-18(35)32(40)30(11)19(41-20(36)17-33-27(5,6)7)14-15-28(8,9)22(30)21(37)23(31(32,12)44-29)42-25(39)34-43-24(38)26(2,3)4/h13,19,21-23,33,37,40H,1,14-17H2,2-12H3,(H,34,39)/t19-,21-,22-,23-,29-,30-,31+,32-/m0/s1. The number of rotatable bonds is 5. The summed E-state index contributed by atoms with van der Waals surface area (Å²) in [6.07, 6.45) is -3.47. The lowest BCUT2D eigenvalue weighted by Gasteiger charge is -2.71. The Kier molecular flexibility index (Phi) is 9.28. The van der Waals surface area contributed by atoms with Crippen LogP contribution in [0.5, 0.6) is 0 Å². The van der Waals surface area contributed by atoms with Crippen molar-refractivity contribution in [3.8, 4) is 0 Å². The number of hydroxylamine groups is 1. The van der Waals surface area contributed by atoms with E-state index in [1.807, 2.05) is 40.1 Å². The van der Waals surface area contributed by atoms with Crippen LogP contribution in [0.2, 0.25) is 0 Å². The number of amides is 1. The van der Waals surface area contributed by atoms with Gasteiger partial charge in [-0.25, -0.2) is 9.59 Å². The summed E-state index contributed by atoms with van der Waals surface area (Å²) in [5.74, 6) is -2.88. The van der Waals surface area contributed by atoms with Crippen LogP contribution in [0, 0.1) is 22.2 Å². The van der Waals surface area contributed by atoms with E-state index in [4.69, 9.17) is 19.0 Å². The monoisotopic (exact) mass is 624 g/mol. The first-order chi connectivity index (χ1) is 19.8. The largest absolute Gasteiger partial charge is 0.461 e. The minimum absolute atomic E-state index is 0.111. The first-order valence-electron chi connectivity index (χ1n) is 15.2. The maximum Gasteiger partial charge on any atom is 0.441 e. The van der Waals surface area contributed by atoms with E-state index in [2.05, 4.69) is 11.9 Å². The van der Waals surface area contributed by atoms with E-state index in [0.29, 0.717) is 12.8 Å². The van der Waals surface area contributed by atoms with Gasteiger partial charge in [0.15, 0.2) is 17.5 Å². The van der Waals surface area contributed by atoms with Gasteiger partial charge in [0.1, 0.15) is 11.7 Å². The van der Waals surface area contributed by atoms with E-state index >= 15 is 0 Å². The van der Waals surface area contributed by atoms with Gasteiger partial charge in [0.25, 0.3) is 0 Å². The van der Waals surface area contributed by atoms with Crippen molar-refractivity contribution in [1.82, 2.24) is 10.8 Å². The van der Waals surface area contributed by atoms with E-state index < -0.39 is 81.1 Å². The fourth-order valence-electron chi connectivity index (χ4n) is 7.56. The summed E-state index contributed by atoms with van der Waals surface area (Å²) in [6.45, 7) is 22.6. The maximum absolute atomic E-state index is 14.3. The summed E-state index contributed by atoms with van der Waals surface area (Å²) < 4.78 is 18.2. The van der Waals surface area contributed by atoms with Crippen LogP contribution in [-0.4, -0.2) is 81.2 Å². The van der Waals surface area contributed by atoms with Crippen LogP contribution in [0.25, 0.3) is 0 Å². The fraction of sp³-hybridized carbons (Fsp3) is 0.812. The molecule has 0 spiro atoms. The van der Waals surface area contributed by atoms with Crippen molar-refractivity contribution >= 4 is 23.8 Å². The maximum atomic E-state index is 14.3. The van der Waals surface area contributed by atoms with Crippen molar-refractivity contribution in [3.63, 3.8) is 0 Å². The number of esters is 1. The fourth-order valence-corrected chi connectivity index (χ4v) is 7.56. The van der Waals surface area contributed by atoms with E-state index in [1.165, 1.54) is 13.0 Å². The van der Waals surface area contributed by atoms with Crippen LogP contribution in [0.3, 0.4) is 0 Å². The first kappa shape index (κ1) is 35.9. The Morgan fingerprint density at radius 2 is 1.66 bits per heavy atom. The van der Waals surface area contributed by atoms with Crippen molar-refractivity contribution in [2.24, 2.45) is 22.2 Å². The highest BCUT2D eigenvalue weighted by atomic mass is 16.7. The first-order valence-corrected chi connectivity index (χ1v) is 15.2. The molecule has 8 atom stereocenters. The van der Waals surface area contributed by atoms with Crippen LogP contribution in [0.1, 0.15) is 95.4 Å². The van der Waals surface area contributed by atoms with Crippen LogP contribution in [0.15, 0.2) is 12.7 Å². The molecule has 44 heavy (non-hydrogen) atoms. The van der Waals surface area contributed by atoms with Gasteiger partial charge in [0.2, 0.25) is 0 Å². The second-order valence-electron chi connectivity index (χ2n) is 16.0. The number of ketones is 1. The van der Waals surface area contributed by atoms with Crippen LogP contribution in [0.4, 0.5) is 4.79 Å². The van der Waals surface area contributed by atoms with Gasteiger partial charge in [0, 0.05) is 23.3 Å². The van der Waals surface area contributed by atoms with E-state index in [0.717, 1.165) is 0 Å². The minimum Gasteiger partial charge on any atom is -0.461 e. The average Bonchev–Trinajstić information content (AvgIpc) is 2.87. The number of hydrogen-bond acceptors (Lipinski definition) is 11. The SMILES string of the molecule is C=C[C@@]1(C)CC(=O)[C@]2(O)[C@@]3(C)[C@@H](OC(=O)CNC(C)(C)C)CCC(C)(C)[C@@H]3[C@H](O)[C@H](OC(=O)NOC(=O)C(C)(C)C)[C@@]2(C)O1. The van der Waals surface area contributed by atoms with Gasteiger partial charge in [-0.05, 0) is 73.6 Å². The predicted molar refractivity (Wildman–Crippen MR) is 160 cm³/mol. The number of carbonyl (C=O) groups is 4. The molecule has 4 N–H and O–H groups in total. The Bertz CT molecular complexity index is 1190. The zero-order chi connectivity index (χ0) is 33.9. The zero-order valence-corrected chi connectivity index (χ0v) is 28.1. The number of hydrogen-bond donors (Lipinski definition) is 4. The number of Topliss-reactive ketones (excluding diaryl/α,β-unsaturated/α-hetero) is 1. The van der Waals surface area contributed by atoms with Crippen molar-refractivity contribution in [2.45, 2.75) is 136 Å². The minimum atomic E-state index is -2.42. The molecule has 2 saturated carbocycles. The molecule has 0 radical (unpaired) electrons. The molecule has 0 unspecified atom stereocenters. The molecule has 1 heterocycles. The summed E-state index contributed by atoms with van der Waals surface area (Å²) in [6, 6.07) is 0. The molecule has 1 saturated heterocycles. The van der Waals surface area contributed by atoms with Crippen molar-refractivity contribution in [2.75, 3.05) is 6.54 Å². The normalized spacial score (nSPS) is 38.4. The molecule has 3 rings (SSSR count). The van der Waals surface area contributed by atoms with E-state index in [-0.39, 0.29) is 18.5 Å². The summed E-state index contributed by atoms with van der Waals surface area (Å²) in [7, 11) is 0. The molecule has 2 aliphatic carbocycles. The number of carbonyl (C=O) groups excluding carboxylic acids is 4. The van der Waals surface area contributed by atoms with Crippen LogP contribution < -0.4 is 10.8 Å². The van der Waals surface area contributed by atoms with E-state index in [9.17, 15) is 29.4 Å². The molecule has 250 valence electrons. The average molecular weight is 625 g/mol. The molecular weight excluding hydrogens is 572 g/mol. The number of ether oxygens (including phenoxy) is 3. The Labute approximate surface area is 260 Å². The second-order valence-corrected chi connectivity index (χ2v) is 16.0. The van der Waals surface area contributed by atoms with Gasteiger partial charge >= 0.3 is 18.0 Å². The third-order valence-corrected chi connectivity index (χ3v) is 9.80. The third-order valence-electron chi connectivity index (χ3n) is 9.80. The van der Waals surface area contributed by atoms with Gasteiger partial charge < -0.3 is 34.6 Å². The quantitative estimate of drug-likeness (QED) is 0.153. The lowest BCUT2D eigenvalue weighted by molar-refractivity contribution is -0.369. The molecule has 1 aliphatic heterocycles. The molecular formula is C32H52N2O10. The molecule has 0 bridgehead atoms. The van der Waals surface area contributed by atoms with Crippen LogP contribution >= 0.6 is 0 Å². The van der Waals surface area contributed by atoms with Crippen molar-refractivity contribution in [3.05, 3.63) is 12.7 Å². The number of nitrogens with one attached hydrogen (secondary N) is 2. The molecule has 3 aliphatic rings. The number of fused-ring (bicyclic) bond motifs is 3. The molecule has 0 aromatic carbocycles. The highest BCUT2D eigenvalue weighted by molar-refractivity contribution is 5.92. The summed E-state index contributed by atoms with van der Waals surface area (Å²) in [5, 5.41) is 28.1. The topological polar surface area (TPSA) is 170 Å². The highest BCUT2D eigenvalue weighted by Gasteiger charge is 2.82. The molecule has 12 heteroatoms. The molecule has 3 fully saturated rings. The number of aliphatic hydroxyl groups is 2. The Morgan fingerprint density at radius 3 is 2.18 bits per heavy atom. The molecule has 0 aromatic rings. The number of aliphatic hydroxyl groups excluding tert-OH is 1. The smallest absolute Gasteiger partial charge is 0.441 e. The molecule has 1 amide bonds. The zero-order valence-electron chi connectivity index (χ0n) is 28.1. The van der Waals surface area contributed by atoms with Gasteiger partial charge in [-0.3, -0.25) is 9.59 Å². The van der Waals surface area contributed by atoms with Crippen molar-refractivity contribution in [1.29, 1.82) is 0 Å². The lowest BCUT2D eigenvalue weighted by Crippen LogP contribution is -2.87. The van der Waals surface area contributed by atoms with Gasteiger partial charge in [-0.1, -0.05) is 26.8 Å². The highest BCUT2D eigenvalue weighted by Crippen LogP contribution is 2.67. The Morgan fingerprint density at radius 1 is 1.07 bits per heavy atom. The molecule has 0 aromatic heterocycles. The third kappa shape index (κ3) is 6.02. The Hall–Kier alpha value is -2.54. The predicted octanol–water partition coefficient (Wildman–Crippen LogP) is 3.13. The summed E-state index contributed by atoms with van der Waals surface area (Å²) in [5.41, 5.74) is -7.45. The summed E-state index contributed by atoms with van der Waals surface area (Å²) in [4.78, 5) is 57.7. The Balaban J connectivity index is 2.14.